The standard InChI is InChI=1S/C17H15N3O3S2/c1-10-7-12(8-15-16(21)18(3)17(24)25-15)11(2)19(10)13-5-4-6-14(9-13)20(22)23/h4-9H,1-3H3. The van der Waals surface area contributed by atoms with Crippen LogP contribution in [-0.4, -0.2) is 31.7 Å². The van der Waals surface area contributed by atoms with Crippen LogP contribution in [-0.2, 0) is 4.79 Å². The van der Waals surface area contributed by atoms with Crippen molar-refractivity contribution >= 4 is 46.0 Å². The Hall–Kier alpha value is -2.45. The van der Waals surface area contributed by atoms with E-state index in [4.69, 9.17) is 12.2 Å². The number of benzene rings is 1. The summed E-state index contributed by atoms with van der Waals surface area (Å²) >= 11 is 6.42. The first kappa shape index (κ1) is 17.4. The van der Waals surface area contributed by atoms with Gasteiger partial charge in [-0.15, -0.1) is 0 Å². The van der Waals surface area contributed by atoms with Crippen LogP contribution in [0, 0.1) is 24.0 Å². The Morgan fingerprint density at radius 3 is 2.60 bits per heavy atom. The molecule has 128 valence electrons. The van der Waals surface area contributed by atoms with E-state index in [9.17, 15) is 14.9 Å². The highest BCUT2D eigenvalue weighted by atomic mass is 32.2. The quantitative estimate of drug-likeness (QED) is 0.354. The van der Waals surface area contributed by atoms with Crippen LogP contribution in [0.2, 0.25) is 0 Å². The fourth-order valence-electron chi connectivity index (χ4n) is 2.76. The van der Waals surface area contributed by atoms with E-state index in [-0.39, 0.29) is 11.6 Å². The van der Waals surface area contributed by atoms with Crippen molar-refractivity contribution in [3.05, 3.63) is 62.3 Å². The van der Waals surface area contributed by atoms with Gasteiger partial charge in [0, 0.05) is 30.6 Å². The number of hydrogen-bond acceptors (Lipinski definition) is 5. The molecule has 1 fully saturated rings. The zero-order valence-corrected chi connectivity index (χ0v) is 15.5. The van der Waals surface area contributed by atoms with Crippen molar-refractivity contribution in [2.75, 3.05) is 7.05 Å². The van der Waals surface area contributed by atoms with Gasteiger partial charge in [-0.05, 0) is 37.6 Å². The van der Waals surface area contributed by atoms with E-state index in [0.717, 1.165) is 17.0 Å². The molecular formula is C17H15N3O3S2. The molecule has 1 aliphatic heterocycles. The molecule has 25 heavy (non-hydrogen) atoms. The molecule has 1 aliphatic rings. The van der Waals surface area contributed by atoms with Gasteiger partial charge in [-0.25, -0.2) is 0 Å². The number of amides is 1. The maximum atomic E-state index is 12.2. The Kier molecular flexibility index (Phi) is 4.49. The van der Waals surface area contributed by atoms with Crippen LogP contribution < -0.4 is 0 Å². The first-order chi connectivity index (χ1) is 11.8. The number of likely N-dealkylation sites (N-methyl/N-ethyl adjacent to an activating group) is 1. The lowest BCUT2D eigenvalue weighted by atomic mass is 10.2. The van der Waals surface area contributed by atoms with Gasteiger partial charge in [0.05, 0.1) is 15.5 Å². The van der Waals surface area contributed by atoms with Gasteiger partial charge in [-0.1, -0.05) is 30.0 Å². The van der Waals surface area contributed by atoms with Gasteiger partial charge in [0.2, 0.25) is 0 Å². The molecule has 0 N–H and O–H groups in total. The van der Waals surface area contributed by atoms with Gasteiger partial charge in [0.25, 0.3) is 11.6 Å². The molecule has 0 unspecified atom stereocenters. The van der Waals surface area contributed by atoms with Crippen molar-refractivity contribution < 1.29 is 9.72 Å². The zero-order chi connectivity index (χ0) is 18.3. The molecule has 2 aromatic rings. The average Bonchev–Trinajstić information content (AvgIpc) is 2.98. The monoisotopic (exact) mass is 373 g/mol. The summed E-state index contributed by atoms with van der Waals surface area (Å²) in [6.07, 6.45) is 1.82. The zero-order valence-electron chi connectivity index (χ0n) is 13.8. The summed E-state index contributed by atoms with van der Waals surface area (Å²) < 4.78 is 2.47. The summed E-state index contributed by atoms with van der Waals surface area (Å²) in [5, 5.41) is 11.0. The van der Waals surface area contributed by atoms with E-state index in [1.807, 2.05) is 36.6 Å². The fourth-order valence-corrected chi connectivity index (χ4v) is 3.93. The van der Waals surface area contributed by atoms with E-state index in [1.54, 1.807) is 13.1 Å². The normalized spacial score (nSPS) is 16.1. The van der Waals surface area contributed by atoms with E-state index < -0.39 is 4.92 Å². The van der Waals surface area contributed by atoms with Crippen LogP contribution in [0.4, 0.5) is 5.69 Å². The van der Waals surface area contributed by atoms with Crippen LogP contribution >= 0.6 is 24.0 Å². The number of non-ortho nitro benzene ring substituents is 1. The first-order valence-electron chi connectivity index (χ1n) is 7.45. The molecule has 1 aromatic heterocycles. The molecule has 0 atom stereocenters. The number of aromatic nitrogens is 1. The van der Waals surface area contributed by atoms with Crippen LogP contribution in [0.15, 0.2) is 35.2 Å². The number of carbonyl (C=O) groups is 1. The highest BCUT2D eigenvalue weighted by Gasteiger charge is 2.29. The van der Waals surface area contributed by atoms with Gasteiger partial charge in [0.15, 0.2) is 0 Å². The van der Waals surface area contributed by atoms with Crippen LogP contribution in [0.25, 0.3) is 11.8 Å². The van der Waals surface area contributed by atoms with Crippen molar-refractivity contribution in [2.24, 2.45) is 0 Å². The van der Waals surface area contributed by atoms with Crippen molar-refractivity contribution in [2.45, 2.75) is 13.8 Å². The van der Waals surface area contributed by atoms with Crippen molar-refractivity contribution in [1.82, 2.24) is 9.47 Å². The molecule has 0 spiro atoms. The van der Waals surface area contributed by atoms with Crippen LogP contribution in [0.5, 0.6) is 0 Å². The van der Waals surface area contributed by atoms with E-state index in [2.05, 4.69) is 0 Å². The molecule has 3 rings (SSSR count). The molecule has 1 amide bonds. The topological polar surface area (TPSA) is 68.4 Å². The van der Waals surface area contributed by atoms with Gasteiger partial charge < -0.3 is 4.57 Å². The molecule has 2 heterocycles. The largest absolute Gasteiger partial charge is 0.318 e. The summed E-state index contributed by atoms with van der Waals surface area (Å²) in [6.45, 7) is 3.85. The molecule has 6 nitrogen and oxygen atoms in total. The second-order valence-corrected chi connectivity index (χ2v) is 7.36. The summed E-state index contributed by atoms with van der Waals surface area (Å²) in [5.41, 5.74) is 3.47. The van der Waals surface area contributed by atoms with Crippen molar-refractivity contribution in [1.29, 1.82) is 0 Å². The maximum absolute atomic E-state index is 12.2. The summed E-state index contributed by atoms with van der Waals surface area (Å²) in [6, 6.07) is 8.44. The minimum Gasteiger partial charge on any atom is -0.318 e. The second-order valence-electron chi connectivity index (χ2n) is 5.68. The lowest BCUT2D eigenvalue weighted by Gasteiger charge is -2.09. The average molecular weight is 373 g/mol. The smallest absolute Gasteiger partial charge is 0.271 e. The summed E-state index contributed by atoms with van der Waals surface area (Å²) in [5.74, 6) is -0.116. The molecule has 0 radical (unpaired) electrons. The highest BCUT2D eigenvalue weighted by molar-refractivity contribution is 8.26. The Bertz CT molecular complexity index is 947. The number of hydrogen-bond donors (Lipinski definition) is 0. The Balaban J connectivity index is 2.06. The summed E-state index contributed by atoms with van der Waals surface area (Å²) in [4.78, 5) is 24.8. The molecule has 1 saturated heterocycles. The lowest BCUT2D eigenvalue weighted by Crippen LogP contribution is -2.22. The van der Waals surface area contributed by atoms with Crippen LogP contribution in [0.1, 0.15) is 17.0 Å². The number of carbonyl (C=O) groups excluding carboxylic acids is 1. The third-order valence-electron chi connectivity index (χ3n) is 4.04. The SMILES string of the molecule is Cc1cc(C=C2SC(=S)N(C)C2=O)c(C)n1-c1cccc([N+](=O)[O-])c1. The Morgan fingerprint density at radius 1 is 1.28 bits per heavy atom. The Labute approximate surface area is 154 Å². The minimum atomic E-state index is -0.412. The summed E-state index contributed by atoms with van der Waals surface area (Å²) in [7, 11) is 1.66. The lowest BCUT2D eigenvalue weighted by molar-refractivity contribution is -0.384. The van der Waals surface area contributed by atoms with E-state index in [1.165, 1.54) is 28.8 Å². The minimum absolute atomic E-state index is 0.0402. The number of thioether (sulfide) groups is 1. The number of rotatable bonds is 3. The third kappa shape index (κ3) is 3.10. The predicted octanol–water partition coefficient (Wildman–Crippen LogP) is 3.83. The molecule has 0 bridgehead atoms. The van der Waals surface area contributed by atoms with Gasteiger partial charge in [-0.3, -0.25) is 19.8 Å². The van der Waals surface area contributed by atoms with Gasteiger partial charge in [0.1, 0.15) is 4.32 Å². The van der Waals surface area contributed by atoms with E-state index in [0.29, 0.717) is 14.9 Å². The number of nitro groups is 1. The van der Waals surface area contributed by atoms with Crippen molar-refractivity contribution in [3.8, 4) is 5.69 Å². The third-order valence-corrected chi connectivity index (χ3v) is 5.53. The number of nitrogens with zero attached hydrogens (tertiary/aromatic N) is 3. The van der Waals surface area contributed by atoms with Crippen molar-refractivity contribution in [3.63, 3.8) is 0 Å². The Morgan fingerprint density at radius 2 is 2.00 bits per heavy atom. The number of aryl methyl sites for hydroxylation is 1. The molecule has 1 aromatic carbocycles. The first-order valence-corrected chi connectivity index (χ1v) is 8.67. The predicted molar refractivity (Wildman–Crippen MR) is 103 cm³/mol. The maximum Gasteiger partial charge on any atom is 0.271 e. The molecular weight excluding hydrogens is 358 g/mol. The number of thiocarbonyl (C=S) groups is 1. The fraction of sp³-hybridized carbons (Fsp3) is 0.176. The molecule has 0 saturated carbocycles. The highest BCUT2D eigenvalue weighted by Crippen LogP contribution is 2.33. The van der Waals surface area contributed by atoms with Gasteiger partial charge in [-0.2, -0.15) is 0 Å². The van der Waals surface area contributed by atoms with Crippen LogP contribution in [0.3, 0.4) is 0 Å². The second kappa shape index (κ2) is 6.45. The van der Waals surface area contributed by atoms with E-state index >= 15 is 0 Å². The molecule has 0 aliphatic carbocycles. The number of nitro benzene ring substituents is 1. The van der Waals surface area contributed by atoms with Gasteiger partial charge >= 0.3 is 0 Å². The molecule has 8 heteroatoms.